The summed E-state index contributed by atoms with van der Waals surface area (Å²) in [7, 11) is 0. The predicted molar refractivity (Wildman–Crippen MR) is 92.3 cm³/mol. The molecule has 0 spiro atoms. The Bertz CT molecular complexity index is 786. The number of nitrogens with two attached hydrogens (primary N) is 1. The van der Waals surface area contributed by atoms with E-state index in [1.807, 2.05) is 0 Å². The summed E-state index contributed by atoms with van der Waals surface area (Å²) in [5.41, 5.74) is 6.47. The fraction of sp³-hybridized carbons (Fsp3) is 0.333. The van der Waals surface area contributed by atoms with E-state index in [2.05, 4.69) is 5.10 Å². The zero-order chi connectivity index (χ0) is 18.5. The van der Waals surface area contributed by atoms with Crippen molar-refractivity contribution in [3.63, 3.8) is 0 Å². The SMILES string of the molecule is NC(=O)[C@@H]1CCCN(C(=O)COC(=O)c2ccc(-n3cccn3)cc2)C1. The molecule has 2 amide bonds. The molecule has 0 radical (unpaired) electrons. The third kappa shape index (κ3) is 4.08. The van der Waals surface area contributed by atoms with Crippen LogP contribution in [0.3, 0.4) is 0 Å². The first-order chi connectivity index (χ1) is 12.5. The van der Waals surface area contributed by atoms with Gasteiger partial charge in [-0.25, -0.2) is 9.48 Å². The van der Waals surface area contributed by atoms with Crippen LogP contribution < -0.4 is 5.73 Å². The molecular formula is C18H20N4O4. The van der Waals surface area contributed by atoms with Crippen molar-refractivity contribution in [1.29, 1.82) is 0 Å². The minimum absolute atomic E-state index is 0.282. The molecule has 1 aliphatic rings. The van der Waals surface area contributed by atoms with Gasteiger partial charge in [-0.05, 0) is 43.2 Å². The van der Waals surface area contributed by atoms with Crippen LogP contribution in [0.4, 0.5) is 0 Å². The number of amides is 2. The molecule has 2 heterocycles. The van der Waals surface area contributed by atoms with Crippen LogP contribution in [0.2, 0.25) is 0 Å². The summed E-state index contributed by atoms with van der Waals surface area (Å²) in [5.74, 6) is -1.64. The van der Waals surface area contributed by atoms with Crippen LogP contribution in [-0.2, 0) is 14.3 Å². The number of carbonyl (C=O) groups excluding carboxylic acids is 3. The number of hydrogen-bond acceptors (Lipinski definition) is 5. The van der Waals surface area contributed by atoms with Gasteiger partial charge in [-0.3, -0.25) is 9.59 Å². The fourth-order valence-electron chi connectivity index (χ4n) is 2.91. The number of benzene rings is 1. The number of primary amides is 1. The van der Waals surface area contributed by atoms with Crippen molar-refractivity contribution in [3.05, 3.63) is 48.3 Å². The van der Waals surface area contributed by atoms with Crippen LogP contribution >= 0.6 is 0 Å². The number of likely N-dealkylation sites (tertiary alicyclic amines) is 1. The second-order valence-corrected chi connectivity index (χ2v) is 6.15. The highest BCUT2D eigenvalue weighted by Gasteiger charge is 2.27. The standard InChI is InChI=1S/C18H20N4O4/c19-17(24)14-3-1-9-21(11-14)16(23)12-26-18(25)13-4-6-15(7-5-13)22-10-2-8-20-22/h2,4-8,10,14H,1,3,9,11-12H2,(H2,19,24)/t14-/m1/s1. The summed E-state index contributed by atoms with van der Waals surface area (Å²) >= 11 is 0. The summed E-state index contributed by atoms with van der Waals surface area (Å²) in [4.78, 5) is 37.1. The predicted octanol–water partition coefficient (Wildman–Crippen LogP) is 0.753. The highest BCUT2D eigenvalue weighted by Crippen LogP contribution is 2.16. The van der Waals surface area contributed by atoms with Crippen LogP contribution in [0.25, 0.3) is 5.69 Å². The van der Waals surface area contributed by atoms with Gasteiger partial charge in [-0.1, -0.05) is 0 Å². The second kappa shape index (κ2) is 7.81. The Kier molecular flexibility index (Phi) is 5.31. The van der Waals surface area contributed by atoms with Crippen LogP contribution in [0.1, 0.15) is 23.2 Å². The van der Waals surface area contributed by atoms with E-state index >= 15 is 0 Å². The topological polar surface area (TPSA) is 108 Å². The van der Waals surface area contributed by atoms with Gasteiger partial charge in [-0.15, -0.1) is 0 Å². The first-order valence-corrected chi connectivity index (χ1v) is 8.39. The first kappa shape index (κ1) is 17.7. The average molecular weight is 356 g/mol. The highest BCUT2D eigenvalue weighted by atomic mass is 16.5. The number of carbonyl (C=O) groups is 3. The highest BCUT2D eigenvalue weighted by molar-refractivity contribution is 5.91. The second-order valence-electron chi connectivity index (χ2n) is 6.15. The monoisotopic (exact) mass is 356 g/mol. The quantitative estimate of drug-likeness (QED) is 0.796. The van der Waals surface area contributed by atoms with E-state index in [1.165, 1.54) is 4.90 Å². The van der Waals surface area contributed by atoms with Crippen LogP contribution in [-0.4, -0.2) is 52.2 Å². The number of nitrogens with zero attached hydrogens (tertiary/aromatic N) is 3. The van der Waals surface area contributed by atoms with Crippen molar-refractivity contribution in [2.45, 2.75) is 12.8 Å². The van der Waals surface area contributed by atoms with Crippen LogP contribution in [0, 0.1) is 5.92 Å². The molecule has 2 aromatic rings. The molecule has 1 aromatic heterocycles. The molecule has 8 nitrogen and oxygen atoms in total. The van der Waals surface area contributed by atoms with Crippen molar-refractivity contribution in [2.75, 3.05) is 19.7 Å². The summed E-state index contributed by atoms with van der Waals surface area (Å²) in [6, 6.07) is 8.53. The molecule has 0 aliphatic carbocycles. The summed E-state index contributed by atoms with van der Waals surface area (Å²) in [6.07, 6.45) is 4.85. The molecule has 1 atom stereocenters. The van der Waals surface area contributed by atoms with Gasteiger partial charge >= 0.3 is 5.97 Å². The summed E-state index contributed by atoms with van der Waals surface area (Å²) in [5, 5.41) is 4.11. The maximum atomic E-state index is 12.2. The molecule has 1 aliphatic heterocycles. The smallest absolute Gasteiger partial charge is 0.338 e. The van der Waals surface area contributed by atoms with E-state index in [9.17, 15) is 14.4 Å². The van der Waals surface area contributed by atoms with Gasteiger partial charge in [0.1, 0.15) is 0 Å². The molecule has 8 heteroatoms. The maximum absolute atomic E-state index is 12.2. The Morgan fingerprint density at radius 1 is 1.23 bits per heavy atom. The van der Waals surface area contributed by atoms with Crippen molar-refractivity contribution >= 4 is 17.8 Å². The fourth-order valence-corrected chi connectivity index (χ4v) is 2.91. The number of piperidine rings is 1. The van der Waals surface area contributed by atoms with E-state index in [0.29, 0.717) is 24.9 Å². The lowest BCUT2D eigenvalue weighted by Crippen LogP contribution is -2.45. The van der Waals surface area contributed by atoms with Gasteiger partial charge in [0.15, 0.2) is 6.61 Å². The minimum Gasteiger partial charge on any atom is -0.452 e. The molecule has 3 rings (SSSR count). The molecule has 1 fully saturated rings. The molecular weight excluding hydrogens is 336 g/mol. The van der Waals surface area contributed by atoms with Crippen molar-refractivity contribution in [3.8, 4) is 5.69 Å². The lowest BCUT2D eigenvalue weighted by Gasteiger charge is -2.31. The van der Waals surface area contributed by atoms with E-state index < -0.39 is 11.9 Å². The molecule has 1 aromatic carbocycles. The Morgan fingerprint density at radius 3 is 2.65 bits per heavy atom. The Hall–Kier alpha value is -3.16. The minimum atomic E-state index is -0.575. The summed E-state index contributed by atoms with van der Waals surface area (Å²) in [6.45, 7) is 0.467. The Balaban J connectivity index is 1.53. The largest absolute Gasteiger partial charge is 0.452 e. The van der Waals surface area contributed by atoms with Gasteiger partial charge in [-0.2, -0.15) is 5.10 Å². The van der Waals surface area contributed by atoms with Crippen molar-refractivity contribution in [1.82, 2.24) is 14.7 Å². The van der Waals surface area contributed by atoms with Crippen molar-refractivity contribution < 1.29 is 19.1 Å². The number of aromatic nitrogens is 2. The Labute approximate surface area is 150 Å². The molecule has 0 unspecified atom stereocenters. The van der Waals surface area contributed by atoms with Gasteiger partial charge in [0.05, 0.1) is 17.2 Å². The van der Waals surface area contributed by atoms with Crippen molar-refractivity contribution in [2.24, 2.45) is 11.7 Å². The molecule has 26 heavy (non-hydrogen) atoms. The third-order valence-corrected chi connectivity index (χ3v) is 4.38. The van der Waals surface area contributed by atoms with E-state index in [0.717, 1.165) is 5.69 Å². The molecule has 1 saturated heterocycles. The normalized spacial score (nSPS) is 16.9. The van der Waals surface area contributed by atoms with Gasteiger partial charge in [0, 0.05) is 25.5 Å². The van der Waals surface area contributed by atoms with E-state index in [-0.39, 0.29) is 25.0 Å². The lowest BCUT2D eigenvalue weighted by molar-refractivity contribution is -0.137. The van der Waals surface area contributed by atoms with Crippen LogP contribution in [0.5, 0.6) is 0 Å². The average Bonchev–Trinajstić information content (AvgIpc) is 3.21. The van der Waals surface area contributed by atoms with E-state index in [4.69, 9.17) is 10.5 Å². The first-order valence-electron chi connectivity index (χ1n) is 8.39. The number of ether oxygens (including phenoxy) is 1. The zero-order valence-electron chi connectivity index (χ0n) is 14.2. The van der Waals surface area contributed by atoms with Gasteiger partial charge < -0.3 is 15.4 Å². The van der Waals surface area contributed by atoms with Gasteiger partial charge in [0.25, 0.3) is 5.91 Å². The third-order valence-electron chi connectivity index (χ3n) is 4.38. The molecule has 2 N–H and O–H groups in total. The lowest BCUT2D eigenvalue weighted by atomic mass is 9.97. The Morgan fingerprint density at radius 2 is 2.00 bits per heavy atom. The molecule has 0 bridgehead atoms. The van der Waals surface area contributed by atoms with Gasteiger partial charge in [0.2, 0.25) is 5.91 Å². The number of hydrogen-bond donors (Lipinski definition) is 1. The molecule has 0 saturated carbocycles. The summed E-state index contributed by atoms with van der Waals surface area (Å²) < 4.78 is 6.77. The molecule has 136 valence electrons. The number of rotatable bonds is 5. The number of esters is 1. The van der Waals surface area contributed by atoms with E-state index in [1.54, 1.807) is 47.4 Å². The zero-order valence-corrected chi connectivity index (χ0v) is 14.2. The van der Waals surface area contributed by atoms with Crippen LogP contribution in [0.15, 0.2) is 42.7 Å². The maximum Gasteiger partial charge on any atom is 0.338 e.